The third-order valence-electron chi connectivity index (χ3n) is 10.1. The second-order valence-corrected chi connectivity index (χ2v) is 15.5. The number of unbranched alkanes of at least 4 members (excludes halogenated alkanes) is 17. The zero-order chi connectivity index (χ0) is 41.7. The summed E-state index contributed by atoms with van der Waals surface area (Å²) in [5, 5.41) is 23.6. The zero-order valence-electron chi connectivity index (χ0n) is 36.9. The first-order valence-corrected chi connectivity index (χ1v) is 23.4. The van der Waals surface area contributed by atoms with Crippen molar-refractivity contribution < 1.29 is 24.5 Å². The van der Waals surface area contributed by atoms with E-state index in [9.17, 15) is 19.8 Å². The molecule has 6 nitrogen and oxygen atoms in total. The molecule has 3 atom stereocenters. The van der Waals surface area contributed by atoms with Crippen molar-refractivity contribution in [2.75, 3.05) is 6.61 Å². The second kappa shape index (κ2) is 44.1. The van der Waals surface area contributed by atoms with Crippen LogP contribution in [0.1, 0.15) is 201 Å². The molecule has 1 amide bonds. The number of carbonyl (C=O) groups excluding carboxylic acids is 2. The van der Waals surface area contributed by atoms with Gasteiger partial charge >= 0.3 is 5.97 Å². The van der Waals surface area contributed by atoms with Crippen LogP contribution in [0.2, 0.25) is 0 Å². The fourth-order valence-electron chi connectivity index (χ4n) is 6.57. The summed E-state index contributed by atoms with van der Waals surface area (Å²) in [6.45, 7) is 6.18. The van der Waals surface area contributed by atoms with Crippen molar-refractivity contribution in [3.8, 4) is 0 Å². The van der Waals surface area contributed by atoms with E-state index in [1.54, 1.807) is 0 Å². The first kappa shape index (κ1) is 54.0. The van der Waals surface area contributed by atoms with Crippen LogP contribution in [0.15, 0.2) is 85.1 Å². The van der Waals surface area contributed by atoms with Gasteiger partial charge in [0.2, 0.25) is 5.91 Å². The highest BCUT2D eigenvalue weighted by Gasteiger charge is 2.24. The highest BCUT2D eigenvalue weighted by molar-refractivity contribution is 5.77. The molecule has 0 spiro atoms. The van der Waals surface area contributed by atoms with Gasteiger partial charge in [0, 0.05) is 6.42 Å². The molecule has 0 heterocycles. The van der Waals surface area contributed by atoms with E-state index in [2.05, 4.69) is 92.9 Å². The molecule has 0 aliphatic rings. The Labute approximate surface area is 351 Å². The summed E-state index contributed by atoms with van der Waals surface area (Å²) in [5.74, 6) is -0.532. The Kier molecular flexibility index (Phi) is 41.9. The maximum absolute atomic E-state index is 13.1. The molecular weight excluding hydrogens is 707 g/mol. The summed E-state index contributed by atoms with van der Waals surface area (Å²) >= 11 is 0. The fourth-order valence-corrected chi connectivity index (χ4v) is 6.57. The molecule has 326 valence electrons. The van der Waals surface area contributed by atoms with E-state index in [-0.39, 0.29) is 24.9 Å². The number of ether oxygens (including phenoxy) is 1. The summed E-state index contributed by atoms with van der Waals surface area (Å²) in [6.07, 6.45) is 56.4. The first-order valence-electron chi connectivity index (χ1n) is 23.4. The van der Waals surface area contributed by atoms with Crippen LogP contribution in [0, 0.1) is 0 Å². The third-order valence-corrected chi connectivity index (χ3v) is 10.1. The fraction of sp³-hybridized carbons (Fsp3) is 0.686. The van der Waals surface area contributed by atoms with Gasteiger partial charge in [0.05, 0.1) is 25.2 Å². The molecule has 0 bridgehead atoms. The van der Waals surface area contributed by atoms with Gasteiger partial charge in [-0.25, -0.2) is 0 Å². The van der Waals surface area contributed by atoms with E-state index >= 15 is 0 Å². The van der Waals surface area contributed by atoms with Crippen molar-refractivity contribution in [1.29, 1.82) is 0 Å². The standard InChI is InChI=1S/C51H87NO5/c1-4-7-10-13-16-19-21-23-25-27-29-32-35-38-41-44-51(56)57-47(42-39-36-33-31-28-26-24-22-20-17-14-11-8-5-2)45-50(55)52-48(46-53)49(54)43-40-37-34-30-18-15-12-9-6-3/h7-8,10-11,13,16-17,19-21,23-26,47-49,53-54H,4-6,9,12,14-15,18,22,27-46H2,1-3H3,(H,52,55)/b10-7+,11-8+,16-13+,20-17+,21-19+,25-23-,26-24+. The van der Waals surface area contributed by atoms with Gasteiger partial charge in [-0.3, -0.25) is 9.59 Å². The molecule has 0 saturated heterocycles. The van der Waals surface area contributed by atoms with Crippen LogP contribution in [0.5, 0.6) is 0 Å². The van der Waals surface area contributed by atoms with Crippen molar-refractivity contribution in [2.24, 2.45) is 0 Å². The van der Waals surface area contributed by atoms with Gasteiger partial charge in [-0.1, -0.05) is 196 Å². The van der Waals surface area contributed by atoms with Gasteiger partial charge in [0.15, 0.2) is 0 Å². The van der Waals surface area contributed by atoms with Crippen LogP contribution in [-0.2, 0) is 14.3 Å². The molecular formula is C51H87NO5. The van der Waals surface area contributed by atoms with E-state index in [0.29, 0.717) is 19.3 Å². The van der Waals surface area contributed by atoms with Crippen molar-refractivity contribution >= 4 is 11.9 Å². The van der Waals surface area contributed by atoms with E-state index in [4.69, 9.17) is 4.74 Å². The van der Waals surface area contributed by atoms with Crippen LogP contribution in [-0.4, -0.2) is 46.9 Å². The van der Waals surface area contributed by atoms with Crippen LogP contribution >= 0.6 is 0 Å². The lowest BCUT2D eigenvalue weighted by Crippen LogP contribution is -2.46. The molecule has 0 saturated carbocycles. The van der Waals surface area contributed by atoms with Crippen LogP contribution in [0.3, 0.4) is 0 Å². The molecule has 57 heavy (non-hydrogen) atoms. The zero-order valence-corrected chi connectivity index (χ0v) is 36.9. The average Bonchev–Trinajstić information content (AvgIpc) is 3.20. The topological polar surface area (TPSA) is 95.9 Å². The number of carbonyl (C=O) groups is 2. The number of aliphatic hydroxyl groups excluding tert-OH is 2. The van der Waals surface area contributed by atoms with E-state index in [1.807, 2.05) is 18.2 Å². The van der Waals surface area contributed by atoms with Gasteiger partial charge < -0.3 is 20.3 Å². The van der Waals surface area contributed by atoms with E-state index in [1.165, 1.54) is 38.5 Å². The number of aliphatic hydroxyl groups is 2. The van der Waals surface area contributed by atoms with Crippen LogP contribution in [0.4, 0.5) is 0 Å². The molecule has 0 rings (SSSR count). The Balaban J connectivity index is 4.71. The Morgan fingerprint density at radius 2 is 1.04 bits per heavy atom. The molecule has 6 heteroatoms. The molecule has 3 N–H and O–H groups in total. The monoisotopic (exact) mass is 794 g/mol. The number of allylic oxidation sites excluding steroid dienone is 14. The Hall–Kier alpha value is -2.96. The summed E-state index contributed by atoms with van der Waals surface area (Å²) < 4.78 is 5.89. The maximum Gasteiger partial charge on any atom is 0.306 e. The number of nitrogens with one attached hydrogen (secondary N) is 1. The molecule has 0 aromatic carbocycles. The van der Waals surface area contributed by atoms with Gasteiger partial charge in [-0.15, -0.1) is 0 Å². The lowest BCUT2D eigenvalue weighted by Gasteiger charge is -2.24. The van der Waals surface area contributed by atoms with Crippen molar-refractivity contribution in [2.45, 2.75) is 219 Å². The maximum atomic E-state index is 13.1. The first-order chi connectivity index (χ1) is 28.0. The Morgan fingerprint density at radius 1 is 0.544 bits per heavy atom. The quantitative estimate of drug-likeness (QED) is 0.0248. The normalized spacial score (nSPS) is 14.1. The predicted molar refractivity (Wildman–Crippen MR) is 245 cm³/mol. The smallest absolute Gasteiger partial charge is 0.306 e. The minimum atomic E-state index is -0.800. The van der Waals surface area contributed by atoms with Gasteiger partial charge in [0.25, 0.3) is 0 Å². The summed E-state index contributed by atoms with van der Waals surface area (Å²) in [4.78, 5) is 26.0. The summed E-state index contributed by atoms with van der Waals surface area (Å²) in [5.41, 5.74) is 0. The summed E-state index contributed by atoms with van der Waals surface area (Å²) in [7, 11) is 0. The highest BCUT2D eigenvalue weighted by Crippen LogP contribution is 2.17. The molecule has 0 aliphatic heterocycles. The lowest BCUT2D eigenvalue weighted by atomic mass is 10.0. The SMILES string of the molecule is CC/C=C/C=C/C=C/C=C\CCCCCCCC(=O)OC(CCCCCC/C=C/C/C=C/C/C=C/CC)CC(=O)NC(CO)C(O)CCCCCCCCCCC. The van der Waals surface area contributed by atoms with Crippen molar-refractivity contribution in [1.82, 2.24) is 5.32 Å². The van der Waals surface area contributed by atoms with E-state index in [0.717, 1.165) is 116 Å². The summed E-state index contributed by atoms with van der Waals surface area (Å²) in [6, 6.07) is -0.716. The third kappa shape index (κ3) is 39.6. The van der Waals surface area contributed by atoms with Gasteiger partial charge in [-0.05, 0) is 77.0 Å². The predicted octanol–water partition coefficient (Wildman–Crippen LogP) is 13.6. The molecule has 3 unspecified atom stereocenters. The molecule has 0 radical (unpaired) electrons. The molecule has 0 fully saturated rings. The largest absolute Gasteiger partial charge is 0.462 e. The second-order valence-electron chi connectivity index (χ2n) is 15.5. The molecule has 0 aliphatic carbocycles. The number of hydrogen-bond acceptors (Lipinski definition) is 5. The van der Waals surface area contributed by atoms with Crippen LogP contribution in [0.25, 0.3) is 0 Å². The minimum absolute atomic E-state index is 0.0480. The Bertz CT molecular complexity index is 1120. The molecule has 0 aromatic heterocycles. The van der Waals surface area contributed by atoms with Crippen LogP contribution < -0.4 is 5.32 Å². The van der Waals surface area contributed by atoms with Crippen molar-refractivity contribution in [3.63, 3.8) is 0 Å². The van der Waals surface area contributed by atoms with Crippen molar-refractivity contribution in [3.05, 3.63) is 85.1 Å². The molecule has 0 aromatic rings. The number of amides is 1. The lowest BCUT2D eigenvalue weighted by molar-refractivity contribution is -0.151. The number of esters is 1. The average molecular weight is 794 g/mol. The highest BCUT2D eigenvalue weighted by atomic mass is 16.5. The number of rotatable bonds is 40. The van der Waals surface area contributed by atoms with Gasteiger partial charge in [0.1, 0.15) is 6.10 Å². The minimum Gasteiger partial charge on any atom is -0.462 e. The number of hydrogen-bond donors (Lipinski definition) is 3. The van der Waals surface area contributed by atoms with E-state index < -0.39 is 18.2 Å². The van der Waals surface area contributed by atoms with Gasteiger partial charge in [-0.2, -0.15) is 0 Å². The Morgan fingerprint density at radius 3 is 1.65 bits per heavy atom.